The number of hydrogen-bond donors (Lipinski definition) is 2. The van der Waals surface area contributed by atoms with Crippen LogP contribution in [0.2, 0.25) is 0 Å². The number of amides is 1. The second kappa shape index (κ2) is 10.4. The molecule has 1 amide bonds. The van der Waals surface area contributed by atoms with Crippen LogP contribution >= 0.6 is 0 Å². The van der Waals surface area contributed by atoms with Crippen molar-refractivity contribution in [1.29, 1.82) is 0 Å². The van der Waals surface area contributed by atoms with E-state index in [1.165, 1.54) is 12.1 Å². The van der Waals surface area contributed by atoms with Crippen LogP contribution in [0.3, 0.4) is 0 Å². The van der Waals surface area contributed by atoms with Gasteiger partial charge in [0.15, 0.2) is 0 Å². The maximum absolute atomic E-state index is 14.0. The molecule has 0 unspecified atom stereocenters. The molecule has 8 heteroatoms. The van der Waals surface area contributed by atoms with Crippen molar-refractivity contribution in [2.24, 2.45) is 5.92 Å². The zero-order chi connectivity index (χ0) is 23.4. The highest BCUT2D eigenvalue weighted by Crippen LogP contribution is 2.26. The first-order valence-electron chi connectivity index (χ1n) is 11.4. The number of benzene rings is 2. The van der Waals surface area contributed by atoms with Gasteiger partial charge in [-0.15, -0.1) is 0 Å². The number of rotatable bonds is 7. The first-order valence-corrected chi connectivity index (χ1v) is 11.4. The summed E-state index contributed by atoms with van der Waals surface area (Å²) in [6.07, 6.45) is 1.52. The Hall–Kier alpha value is -2.84. The smallest absolute Gasteiger partial charge is 0.306 e. The maximum atomic E-state index is 14.0. The van der Waals surface area contributed by atoms with E-state index in [2.05, 4.69) is 10.2 Å². The molecule has 0 saturated carbocycles. The summed E-state index contributed by atoms with van der Waals surface area (Å²) >= 11 is 0. The highest BCUT2D eigenvalue weighted by Gasteiger charge is 2.40. The van der Waals surface area contributed by atoms with Gasteiger partial charge in [0.05, 0.1) is 12.0 Å². The normalized spacial score (nSPS) is 21.9. The summed E-state index contributed by atoms with van der Waals surface area (Å²) in [6, 6.07) is 13.1. The number of nitrogens with zero attached hydrogens (tertiary/aromatic N) is 2. The number of carbonyl (C=O) groups excluding carboxylic acids is 1. The number of nitrogens with one attached hydrogen (secondary N) is 1. The Kier molecular flexibility index (Phi) is 7.35. The Morgan fingerprint density at radius 3 is 2.45 bits per heavy atom. The monoisotopic (exact) mass is 457 g/mol. The molecule has 2 aliphatic heterocycles. The third kappa shape index (κ3) is 5.75. The fourth-order valence-electron chi connectivity index (χ4n) is 4.78. The van der Waals surface area contributed by atoms with Crippen molar-refractivity contribution in [3.63, 3.8) is 0 Å². The van der Waals surface area contributed by atoms with Gasteiger partial charge in [0.2, 0.25) is 5.91 Å². The molecular weight excluding hydrogens is 428 g/mol. The van der Waals surface area contributed by atoms with Gasteiger partial charge in [-0.05, 0) is 30.9 Å². The predicted molar refractivity (Wildman–Crippen MR) is 119 cm³/mol. The van der Waals surface area contributed by atoms with Crippen LogP contribution in [0.5, 0.6) is 0 Å². The minimum atomic E-state index is -0.800. The maximum Gasteiger partial charge on any atom is 0.306 e. The Labute approximate surface area is 192 Å². The molecule has 33 heavy (non-hydrogen) atoms. The minimum Gasteiger partial charge on any atom is -0.481 e. The topological polar surface area (TPSA) is 72.9 Å². The number of carbonyl (C=O) groups is 2. The molecule has 0 radical (unpaired) electrons. The summed E-state index contributed by atoms with van der Waals surface area (Å²) in [7, 11) is 0. The Morgan fingerprint density at radius 1 is 1.06 bits per heavy atom. The Morgan fingerprint density at radius 2 is 1.79 bits per heavy atom. The van der Waals surface area contributed by atoms with Gasteiger partial charge >= 0.3 is 5.97 Å². The van der Waals surface area contributed by atoms with Crippen LogP contribution in [0.1, 0.15) is 30.4 Å². The summed E-state index contributed by atoms with van der Waals surface area (Å²) in [5.41, 5.74) is 1.49. The molecule has 176 valence electrons. The second-order valence-electron chi connectivity index (χ2n) is 8.92. The Balaban J connectivity index is 1.43. The minimum absolute atomic E-state index is 0.0204. The zero-order valence-electron chi connectivity index (χ0n) is 18.4. The third-order valence-corrected chi connectivity index (χ3v) is 6.67. The summed E-state index contributed by atoms with van der Waals surface area (Å²) in [4.78, 5) is 28.6. The van der Waals surface area contributed by atoms with Crippen molar-refractivity contribution in [2.75, 3.05) is 19.6 Å². The van der Waals surface area contributed by atoms with Crippen LogP contribution in [-0.2, 0) is 22.7 Å². The van der Waals surface area contributed by atoms with Gasteiger partial charge in [-0.2, -0.15) is 0 Å². The van der Waals surface area contributed by atoms with E-state index in [1.54, 1.807) is 4.90 Å². The van der Waals surface area contributed by atoms with E-state index in [9.17, 15) is 23.5 Å². The van der Waals surface area contributed by atoms with Crippen LogP contribution in [0.25, 0.3) is 0 Å². The average molecular weight is 458 g/mol. The van der Waals surface area contributed by atoms with Gasteiger partial charge in [0.25, 0.3) is 0 Å². The van der Waals surface area contributed by atoms with Crippen LogP contribution in [0.15, 0.2) is 48.5 Å². The zero-order valence-corrected chi connectivity index (χ0v) is 18.4. The fourth-order valence-corrected chi connectivity index (χ4v) is 4.78. The number of piperidine rings is 1. The lowest BCUT2D eigenvalue weighted by atomic mass is 9.96. The van der Waals surface area contributed by atoms with Crippen LogP contribution in [-0.4, -0.2) is 58.5 Å². The van der Waals surface area contributed by atoms with Gasteiger partial charge in [-0.3, -0.25) is 14.5 Å². The molecule has 2 saturated heterocycles. The number of aliphatic carboxylic acids is 1. The Bertz CT molecular complexity index is 980. The van der Waals surface area contributed by atoms with Gasteiger partial charge < -0.3 is 15.3 Å². The quantitative estimate of drug-likeness (QED) is 0.669. The van der Waals surface area contributed by atoms with Crippen molar-refractivity contribution in [2.45, 2.75) is 44.4 Å². The van der Waals surface area contributed by atoms with E-state index in [1.807, 2.05) is 30.3 Å². The standard InChI is InChI=1S/C25H29F2N3O3/c26-20-7-6-19(22(27)12-20)14-28-21-13-23(30(16-21)15-17-4-2-1-3-5-17)24(31)29-10-8-18(9-11-29)25(32)33/h1-7,12,18,21,23,28H,8-11,13-16H2,(H,32,33)/t21-,23-/m0/s1. The van der Waals surface area contributed by atoms with Crippen molar-refractivity contribution < 1.29 is 23.5 Å². The van der Waals surface area contributed by atoms with Gasteiger partial charge in [-0.25, -0.2) is 8.78 Å². The van der Waals surface area contributed by atoms with Crippen molar-refractivity contribution >= 4 is 11.9 Å². The molecule has 0 spiro atoms. The molecule has 0 aromatic heterocycles. The number of carboxylic acids is 1. The molecule has 2 heterocycles. The number of halogens is 2. The SMILES string of the molecule is O=C(O)C1CCN(C(=O)[C@@H]2C[C@H](NCc3ccc(F)cc3F)CN2Cc2ccccc2)CC1. The van der Waals surface area contributed by atoms with Crippen LogP contribution in [0, 0.1) is 17.6 Å². The summed E-state index contributed by atoms with van der Waals surface area (Å²) in [6.45, 7) is 2.39. The molecule has 2 atom stereocenters. The molecule has 2 aliphatic rings. The van der Waals surface area contributed by atoms with E-state index < -0.39 is 23.5 Å². The molecule has 6 nitrogen and oxygen atoms in total. The molecule has 2 aromatic rings. The molecule has 0 bridgehead atoms. The van der Waals surface area contributed by atoms with Gasteiger partial charge in [0, 0.05) is 50.4 Å². The highest BCUT2D eigenvalue weighted by atomic mass is 19.1. The van der Waals surface area contributed by atoms with Crippen LogP contribution in [0.4, 0.5) is 8.78 Å². The highest BCUT2D eigenvalue weighted by molar-refractivity contribution is 5.82. The van der Waals surface area contributed by atoms with Gasteiger partial charge in [0.1, 0.15) is 11.6 Å². The molecule has 2 N–H and O–H groups in total. The van der Waals surface area contributed by atoms with E-state index >= 15 is 0 Å². The van der Waals surface area contributed by atoms with Crippen molar-refractivity contribution in [3.8, 4) is 0 Å². The van der Waals surface area contributed by atoms with Crippen molar-refractivity contribution in [1.82, 2.24) is 15.1 Å². The summed E-state index contributed by atoms with van der Waals surface area (Å²) < 4.78 is 27.2. The van der Waals surface area contributed by atoms with E-state index in [4.69, 9.17) is 0 Å². The van der Waals surface area contributed by atoms with Crippen molar-refractivity contribution in [3.05, 3.63) is 71.3 Å². The number of likely N-dealkylation sites (tertiary alicyclic amines) is 2. The molecule has 2 aromatic carbocycles. The predicted octanol–water partition coefficient (Wildman–Crippen LogP) is 3.02. The lowest BCUT2D eigenvalue weighted by Gasteiger charge is -2.34. The first kappa shape index (κ1) is 23.3. The summed E-state index contributed by atoms with van der Waals surface area (Å²) in [5.74, 6) is -2.37. The van der Waals surface area contributed by atoms with E-state index in [-0.39, 0.29) is 24.5 Å². The molecule has 4 rings (SSSR count). The fraction of sp³-hybridized carbons (Fsp3) is 0.440. The lowest BCUT2D eigenvalue weighted by Crippen LogP contribution is -2.48. The number of hydrogen-bond acceptors (Lipinski definition) is 4. The third-order valence-electron chi connectivity index (χ3n) is 6.67. The molecule has 0 aliphatic carbocycles. The largest absolute Gasteiger partial charge is 0.481 e. The van der Waals surface area contributed by atoms with E-state index in [0.717, 1.165) is 11.6 Å². The van der Waals surface area contributed by atoms with Gasteiger partial charge in [-0.1, -0.05) is 36.4 Å². The lowest BCUT2D eigenvalue weighted by molar-refractivity contribution is -0.146. The average Bonchev–Trinajstić information content (AvgIpc) is 3.21. The molecular formula is C25H29F2N3O3. The van der Waals surface area contributed by atoms with E-state index in [0.29, 0.717) is 51.0 Å². The summed E-state index contributed by atoms with van der Waals surface area (Å²) in [5, 5.41) is 12.6. The van der Waals surface area contributed by atoms with Crippen LogP contribution < -0.4 is 5.32 Å². The first-order chi connectivity index (χ1) is 15.9. The number of carboxylic acid groups (broad SMARTS) is 1. The second-order valence-corrected chi connectivity index (χ2v) is 8.92. The molecule has 2 fully saturated rings.